The first kappa shape index (κ1) is 10.2. The van der Waals surface area contributed by atoms with Gasteiger partial charge in [0.25, 0.3) is 8.48 Å². The molecule has 4 heteroatoms. The summed E-state index contributed by atoms with van der Waals surface area (Å²) in [5.41, 5.74) is 0. The zero-order valence-corrected chi connectivity index (χ0v) is 9.15. The summed E-state index contributed by atoms with van der Waals surface area (Å²) in [4.78, 5) is 3.55. The van der Waals surface area contributed by atoms with E-state index in [2.05, 4.69) is 23.8 Å². The van der Waals surface area contributed by atoms with Crippen LogP contribution < -0.4 is 10.3 Å². The molecule has 3 nitrogen and oxygen atoms in total. The van der Waals surface area contributed by atoms with Crippen LogP contribution in [-0.4, -0.2) is 34.7 Å². The Morgan fingerprint density at radius 2 is 2.17 bits per heavy atom. The Labute approximate surface area is 76.1 Å². The van der Waals surface area contributed by atoms with Crippen LogP contribution in [0.2, 0.25) is 12.6 Å². The molecular formula is C8H20N2OSi. The van der Waals surface area contributed by atoms with Crippen molar-refractivity contribution in [2.45, 2.75) is 25.9 Å². The molecule has 1 aliphatic rings. The quantitative estimate of drug-likeness (QED) is 0.625. The van der Waals surface area contributed by atoms with Crippen LogP contribution >= 0.6 is 0 Å². The van der Waals surface area contributed by atoms with Gasteiger partial charge in [0.1, 0.15) is 0 Å². The highest BCUT2D eigenvalue weighted by Crippen LogP contribution is 2.10. The molecule has 1 rings (SSSR count). The molecule has 0 aromatic heterocycles. The number of hydrogen-bond acceptors (Lipinski definition) is 3. The van der Waals surface area contributed by atoms with E-state index in [0.717, 1.165) is 26.2 Å². The fraction of sp³-hybridized carbons (Fsp3) is 1.00. The second-order valence-electron chi connectivity index (χ2n) is 3.44. The SMILES string of the molecule is CCO[Si]1(C)CCCNCCN1. The van der Waals surface area contributed by atoms with Gasteiger partial charge in [-0.3, -0.25) is 0 Å². The molecule has 0 aliphatic carbocycles. The van der Waals surface area contributed by atoms with E-state index < -0.39 is 8.48 Å². The highest BCUT2D eigenvalue weighted by atomic mass is 28.4. The molecule has 1 saturated heterocycles. The van der Waals surface area contributed by atoms with Crippen molar-refractivity contribution in [2.24, 2.45) is 0 Å². The molecule has 1 unspecified atom stereocenters. The van der Waals surface area contributed by atoms with Gasteiger partial charge in [0.15, 0.2) is 0 Å². The Morgan fingerprint density at radius 3 is 2.92 bits per heavy atom. The largest absolute Gasteiger partial charge is 0.403 e. The van der Waals surface area contributed by atoms with Crippen LogP contribution in [0, 0.1) is 0 Å². The molecule has 1 atom stereocenters. The summed E-state index contributed by atoms with van der Waals surface area (Å²) < 4.78 is 5.81. The predicted octanol–water partition coefficient (Wildman–Crippen LogP) is 0.678. The lowest BCUT2D eigenvalue weighted by Crippen LogP contribution is -2.54. The van der Waals surface area contributed by atoms with Gasteiger partial charge in [0.05, 0.1) is 0 Å². The first-order chi connectivity index (χ1) is 5.77. The summed E-state index contributed by atoms with van der Waals surface area (Å²) in [5.74, 6) is 0. The molecule has 0 amide bonds. The van der Waals surface area contributed by atoms with Crippen molar-refractivity contribution in [3.63, 3.8) is 0 Å². The van der Waals surface area contributed by atoms with Crippen molar-refractivity contribution < 1.29 is 4.43 Å². The fourth-order valence-corrected chi connectivity index (χ4v) is 4.19. The third kappa shape index (κ3) is 3.22. The second kappa shape index (κ2) is 4.96. The van der Waals surface area contributed by atoms with Gasteiger partial charge in [0.2, 0.25) is 0 Å². The number of rotatable bonds is 2. The Hall–Kier alpha value is 0.0969. The molecular weight excluding hydrogens is 168 g/mol. The van der Waals surface area contributed by atoms with Crippen molar-refractivity contribution in [2.75, 3.05) is 26.2 Å². The molecule has 0 spiro atoms. The molecule has 0 aromatic carbocycles. The van der Waals surface area contributed by atoms with Crippen LogP contribution in [0.25, 0.3) is 0 Å². The lowest BCUT2D eigenvalue weighted by molar-refractivity contribution is 0.310. The molecule has 1 heterocycles. The fourth-order valence-electron chi connectivity index (χ4n) is 1.62. The third-order valence-corrected chi connectivity index (χ3v) is 5.50. The summed E-state index contributed by atoms with van der Waals surface area (Å²) in [5, 5.41) is 3.37. The summed E-state index contributed by atoms with van der Waals surface area (Å²) in [7, 11) is -1.51. The van der Waals surface area contributed by atoms with Gasteiger partial charge in [-0.2, -0.15) is 0 Å². The van der Waals surface area contributed by atoms with Crippen molar-refractivity contribution in [3.05, 3.63) is 0 Å². The zero-order valence-electron chi connectivity index (χ0n) is 8.15. The van der Waals surface area contributed by atoms with Gasteiger partial charge in [-0.25, -0.2) is 0 Å². The van der Waals surface area contributed by atoms with Crippen LogP contribution in [-0.2, 0) is 4.43 Å². The molecule has 0 bridgehead atoms. The van der Waals surface area contributed by atoms with E-state index in [4.69, 9.17) is 4.43 Å². The molecule has 12 heavy (non-hydrogen) atoms. The van der Waals surface area contributed by atoms with Crippen LogP contribution in [0.15, 0.2) is 0 Å². The minimum atomic E-state index is -1.51. The summed E-state index contributed by atoms with van der Waals surface area (Å²) in [6.07, 6.45) is 1.25. The van der Waals surface area contributed by atoms with Gasteiger partial charge < -0.3 is 14.7 Å². The lowest BCUT2D eigenvalue weighted by Gasteiger charge is -2.29. The molecule has 1 fully saturated rings. The standard InChI is InChI=1S/C8H20N2OSi/c1-3-11-12(2)8-4-5-9-6-7-10-12/h9-10H,3-8H2,1-2H3. The molecule has 72 valence electrons. The smallest absolute Gasteiger partial charge is 0.265 e. The van der Waals surface area contributed by atoms with E-state index in [9.17, 15) is 0 Å². The van der Waals surface area contributed by atoms with Crippen LogP contribution in [0.4, 0.5) is 0 Å². The normalized spacial score (nSPS) is 32.5. The first-order valence-electron chi connectivity index (χ1n) is 4.86. The number of nitrogens with one attached hydrogen (secondary N) is 2. The Morgan fingerprint density at radius 1 is 1.33 bits per heavy atom. The molecule has 0 radical (unpaired) electrons. The van der Waals surface area contributed by atoms with Crippen molar-refractivity contribution in [3.8, 4) is 0 Å². The van der Waals surface area contributed by atoms with Gasteiger partial charge in [-0.1, -0.05) is 0 Å². The topological polar surface area (TPSA) is 33.3 Å². The molecule has 2 N–H and O–H groups in total. The van der Waals surface area contributed by atoms with E-state index in [-0.39, 0.29) is 0 Å². The van der Waals surface area contributed by atoms with Crippen LogP contribution in [0.3, 0.4) is 0 Å². The Balaban J connectivity index is 2.36. The Kier molecular flexibility index (Phi) is 4.21. The van der Waals surface area contributed by atoms with Gasteiger partial charge >= 0.3 is 0 Å². The third-order valence-electron chi connectivity index (χ3n) is 2.27. The average molecular weight is 188 g/mol. The maximum absolute atomic E-state index is 5.81. The highest BCUT2D eigenvalue weighted by molar-refractivity contribution is 6.70. The van der Waals surface area contributed by atoms with Gasteiger partial charge in [0, 0.05) is 19.7 Å². The maximum atomic E-state index is 5.81. The average Bonchev–Trinajstić information content (AvgIpc) is 1.99. The maximum Gasteiger partial charge on any atom is 0.265 e. The van der Waals surface area contributed by atoms with Crippen LogP contribution in [0.5, 0.6) is 0 Å². The molecule has 0 saturated carbocycles. The number of hydrogen-bond donors (Lipinski definition) is 2. The minimum Gasteiger partial charge on any atom is -0.403 e. The monoisotopic (exact) mass is 188 g/mol. The van der Waals surface area contributed by atoms with Gasteiger partial charge in [-0.15, -0.1) is 0 Å². The molecule has 1 aliphatic heterocycles. The summed E-state index contributed by atoms with van der Waals surface area (Å²) in [6.45, 7) is 8.50. The molecule has 0 aromatic rings. The summed E-state index contributed by atoms with van der Waals surface area (Å²) >= 11 is 0. The second-order valence-corrected chi connectivity index (χ2v) is 7.05. The van der Waals surface area contributed by atoms with Crippen molar-refractivity contribution in [1.29, 1.82) is 0 Å². The first-order valence-corrected chi connectivity index (χ1v) is 7.48. The van der Waals surface area contributed by atoms with Gasteiger partial charge in [-0.05, 0) is 32.5 Å². The van der Waals surface area contributed by atoms with E-state index in [1.54, 1.807) is 0 Å². The van der Waals surface area contributed by atoms with E-state index in [0.29, 0.717) is 0 Å². The summed E-state index contributed by atoms with van der Waals surface area (Å²) in [6, 6.07) is 1.23. The van der Waals surface area contributed by atoms with E-state index in [1.165, 1.54) is 12.5 Å². The lowest BCUT2D eigenvalue weighted by atomic mass is 10.4. The van der Waals surface area contributed by atoms with E-state index >= 15 is 0 Å². The van der Waals surface area contributed by atoms with Crippen molar-refractivity contribution >= 4 is 8.48 Å². The highest BCUT2D eigenvalue weighted by Gasteiger charge is 2.28. The minimum absolute atomic E-state index is 0.850. The van der Waals surface area contributed by atoms with Crippen LogP contribution in [0.1, 0.15) is 13.3 Å². The Bertz CT molecular complexity index is 124. The zero-order chi connectivity index (χ0) is 8.86. The van der Waals surface area contributed by atoms with E-state index in [1.807, 2.05) is 0 Å². The predicted molar refractivity (Wildman–Crippen MR) is 53.5 cm³/mol. The van der Waals surface area contributed by atoms with Crippen molar-refractivity contribution in [1.82, 2.24) is 10.3 Å².